The highest BCUT2D eigenvalue weighted by atomic mass is 32.1. The first-order valence-corrected chi connectivity index (χ1v) is 11.3. The van der Waals surface area contributed by atoms with Gasteiger partial charge in [-0.15, -0.1) is 0 Å². The number of hydrogen-bond donors (Lipinski definition) is 0. The second-order valence-electron chi connectivity index (χ2n) is 7.98. The lowest BCUT2D eigenvalue weighted by Crippen LogP contribution is -2.44. The molecule has 0 unspecified atom stereocenters. The Kier molecular flexibility index (Phi) is 5.26. The fourth-order valence-corrected chi connectivity index (χ4v) is 5.22. The van der Waals surface area contributed by atoms with Crippen LogP contribution in [-0.4, -0.2) is 50.5 Å². The number of aryl methyl sites for hydroxylation is 2. The van der Waals surface area contributed by atoms with Crippen LogP contribution in [0.5, 0.6) is 0 Å². The molecule has 4 aromatic rings. The van der Waals surface area contributed by atoms with E-state index in [0.717, 1.165) is 26.2 Å². The van der Waals surface area contributed by atoms with E-state index >= 15 is 0 Å². The molecule has 9 heteroatoms. The van der Waals surface area contributed by atoms with Crippen LogP contribution in [0.3, 0.4) is 0 Å². The minimum Gasteiger partial charge on any atom is -0.285 e. The van der Waals surface area contributed by atoms with Gasteiger partial charge in [-0.1, -0.05) is 29.5 Å². The molecule has 8 nitrogen and oxygen atoms in total. The molecule has 3 amide bonds. The quantitative estimate of drug-likeness (QED) is 0.412. The van der Waals surface area contributed by atoms with Crippen molar-refractivity contribution in [2.75, 3.05) is 18.0 Å². The maximum atomic E-state index is 13.4. The molecule has 3 heterocycles. The van der Waals surface area contributed by atoms with Crippen molar-refractivity contribution in [3.8, 4) is 0 Å². The average Bonchev–Trinajstić information content (AvgIpc) is 3.51. The molecule has 1 aliphatic rings. The van der Waals surface area contributed by atoms with Crippen molar-refractivity contribution in [3.05, 3.63) is 77.1 Å². The highest BCUT2D eigenvalue weighted by Gasteiger charge is 2.37. The minimum atomic E-state index is -0.452. The van der Waals surface area contributed by atoms with E-state index in [2.05, 4.69) is 11.2 Å². The van der Waals surface area contributed by atoms with Gasteiger partial charge in [0.25, 0.3) is 11.8 Å². The summed E-state index contributed by atoms with van der Waals surface area (Å²) in [6, 6.07) is 12.5. The lowest BCUT2D eigenvalue weighted by atomic mass is 10.1. The molecule has 0 N–H and O–H groups in total. The molecule has 2 aromatic heterocycles. The van der Waals surface area contributed by atoms with Gasteiger partial charge >= 0.3 is 0 Å². The summed E-state index contributed by atoms with van der Waals surface area (Å²) in [7, 11) is 0. The predicted octanol–water partition coefficient (Wildman–Crippen LogP) is 3.44. The zero-order valence-corrected chi connectivity index (χ0v) is 19.0. The molecule has 0 saturated carbocycles. The number of imide groups is 1. The molecule has 0 spiro atoms. The topological polar surface area (TPSA) is 88.4 Å². The van der Waals surface area contributed by atoms with Crippen molar-refractivity contribution >= 4 is 44.4 Å². The molecule has 1 aliphatic heterocycles. The largest absolute Gasteiger partial charge is 0.285 e. The van der Waals surface area contributed by atoms with Gasteiger partial charge in [0.2, 0.25) is 5.91 Å². The summed E-state index contributed by atoms with van der Waals surface area (Å²) in [5.74, 6) is -1.27. The Morgan fingerprint density at radius 3 is 2.45 bits per heavy atom. The van der Waals surface area contributed by atoms with Gasteiger partial charge in [0.05, 0.1) is 27.9 Å². The third kappa shape index (κ3) is 3.80. The van der Waals surface area contributed by atoms with Gasteiger partial charge in [0.15, 0.2) is 5.13 Å². The number of nitrogens with zero attached hydrogens (tertiary/aromatic N) is 5. The van der Waals surface area contributed by atoms with Crippen molar-refractivity contribution in [1.82, 2.24) is 19.7 Å². The maximum absolute atomic E-state index is 13.4. The summed E-state index contributed by atoms with van der Waals surface area (Å²) < 4.78 is 2.71. The van der Waals surface area contributed by atoms with Crippen LogP contribution in [0, 0.1) is 13.8 Å². The first-order chi connectivity index (χ1) is 15.9. The van der Waals surface area contributed by atoms with E-state index in [9.17, 15) is 14.4 Å². The Bertz CT molecular complexity index is 1360. The highest BCUT2D eigenvalue weighted by molar-refractivity contribution is 7.22. The number of anilines is 1. The predicted molar refractivity (Wildman–Crippen MR) is 125 cm³/mol. The number of rotatable bonds is 6. The molecule has 0 aliphatic carbocycles. The van der Waals surface area contributed by atoms with Gasteiger partial charge in [-0.25, -0.2) is 4.98 Å². The molecule has 0 radical (unpaired) electrons. The van der Waals surface area contributed by atoms with Gasteiger partial charge in [0, 0.05) is 18.9 Å². The van der Waals surface area contributed by atoms with Crippen LogP contribution in [0.25, 0.3) is 10.2 Å². The molecule has 166 valence electrons. The van der Waals surface area contributed by atoms with E-state index in [-0.39, 0.29) is 12.5 Å². The Hall–Kier alpha value is -3.85. The van der Waals surface area contributed by atoms with E-state index in [4.69, 9.17) is 4.98 Å². The van der Waals surface area contributed by atoms with Crippen molar-refractivity contribution in [3.63, 3.8) is 0 Å². The third-order valence-electron chi connectivity index (χ3n) is 5.63. The van der Waals surface area contributed by atoms with Crippen molar-refractivity contribution in [2.45, 2.75) is 20.4 Å². The molecular formula is C24H21N5O3S. The fraction of sp³-hybridized carbons (Fsp3) is 0.208. The van der Waals surface area contributed by atoms with E-state index in [1.165, 1.54) is 11.3 Å². The van der Waals surface area contributed by atoms with Crippen LogP contribution in [0.15, 0.2) is 54.9 Å². The van der Waals surface area contributed by atoms with E-state index in [0.29, 0.717) is 29.3 Å². The summed E-state index contributed by atoms with van der Waals surface area (Å²) >= 11 is 1.42. The number of thiazole rings is 1. The summed E-state index contributed by atoms with van der Waals surface area (Å²) in [6.45, 7) is 4.43. The van der Waals surface area contributed by atoms with E-state index in [1.54, 1.807) is 40.0 Å². The Morgan fingerprint density at radius 1 is 1.06 bits per heavy atom. The summed E-state index contributed by atoms with van der Waals surface area (Å²) in [6.07, 6.45) is 3.49. The Morgan fingerprint density at radius 2 is 1.79 bits per heavy atom. The summed E-state index contributed by atoms with van der Waals surface area (Å²) in [4.78, 5) is 46.3. The van der Waals surface area contributed by atoms with Gasteiger partial charge < -0.3 is 0 Å². The Balaban J connectivity index is 1.45. The smallest absolute Gasteiger partial charge is 0.262 e. The maximum Gasteiger partial charge on any atom is 0.262 e. The number of amides is 3. The van der Waals surface area contributed by atoms with Gasteiger partial charge in [-0.05, 0) is 49.2 Å². The normalized spacial score (nSPS) is 13.1. The minimum absolute atomic E-state index is 0.307. The van der Waals surface area contributed by atoms with Crippen LogP contribution in [0.1, 0.15) is 31.8 Å². The average molecular weight is 460 g/mol. The second-order valence-corrected chi connectivity index (χ2v) is 8.99. The fourth-order valence-electron chi connectivity index (χ4n) is 4.04. The van der Waals surface area contributed by atoms with Gasteiger partial charge in [0.1, 0.15) is 6.54 Å². The molecule has 5 rings (SSSR count). The van der Waals surface area contributed by atoms with Gasteiger partial charge in [-0.3, -0.25) is 28.9 Å². The monoisotopic (exact) mass is 459 g/mol. The molecule has 0 fully saturated rings. The molecule has 2 aromatic carbocycles. The van der Waals surface area contributed by atoms with Crippen molar-refractivity contribution in [2.24, 2.45) is 0 Å². The molecule has 0 bridgehead atoms. The highest BCUT2D eigenvalue weighted by Crippen LogP contribution is 2.32. The van der Waals surface area contributed by atoms with Crippen LogP contribution >= 0.6 is 11.3 Å². The number of fused-ring (bicyclic) bond motifs is 2. The summed E-state index contributed by atoms with van der Waals surface area (Å²) in [5.41, 5.74) is 3.65. The van der Waals surface area contributed by atoms with Crippen LogP contribution in [0.2, 0.25) is 0 Å². The number of aromatic nitrogens is 3. The van der Waals surface area contributed by atoms with E-state index < -0.39 is 11.8 Å². The number of carbonyl (C=O) groups excluding carboxylic acids is 3. The SMILES string of the molecule is Cc1cc(C)c2nc(N(CCn3cccn3)C(=O)CN3C(=O)c4ccccc4C3=O)sc2c1. The van der Waals surface area contributed by atoms with E-state index in [1.807, 2.05) is 32.2 Å². The standard InChI is InChI=1S/C24H21N5O3S/c1-15-12-16(2)21-19(13-15)33-24(26-21)28(11-10-27-9-5-8-25-27)20(30)14-29-22(31)17-6-3-4-7-18(17)23(29)32/h3-9,12-13H,10-11,14H2,1-2H3. The zero-order chi connectivity index (χ0) is 23.1. The molecular weight excluding hydrogens is 438 g/mol. The number of benzene rings is 2. The lowest BCUT2D eigenvalue weighted by molar-refractivity contribution is -0.119. The molecule has 0 atom stereocenters. The van der Waals surface area contributed by atoms with Crippen LogP contribution < -0.4 is 4.90 Å². The number of carbonyl (C=O) groups is 3. The molecule has 0 saturated heterocycles. The van der Waals surface area contributed by atoms with Crippen LogP contribution in [0.4, 0.5) is 5.13 Å². The van der Waals surface area contributed by atoms with Crippen LogP contribution in [-0.2, 0) is 11.3 Å². The lowest BCUT2D eigenvalue weighted by Gasteiger charge is -2.22. The van der Waals surface area contributed by atoms with Gasteiger partial charge in [-0.2, -0.15) is 5.10 Å². The summed E-state index contributed by atoms with van der Waals surface area (Å²) in [5, 5.41) is 4.74. The van der Waals surface area contributed by atoms with Crippen molar-refractivity contribution < 1.29 is 14.4 Å². The third-order valence-corrected chi connectivity index (χ3v) is 6.66. The molecule has 33 heavy (non-hydrogen) atoms. The first kappa shape index (κ1) is 21.0. The zero-order valence-electron chi connectivity index (χ0n) is 18.2. The van der Waals surface area contributed by atoms with Crippen molar-refractivity contribution in [1.29, 1.82) is 0 Å². The Labute approximate surface area is 194 Å². The number of hydrogen-bond acceptors (Lipinski definition) is 6. The second kappa shape index (κ2) is 8.25. The first-order valence-electron chi connectivity index (χ1n) is 10.5.